The summed E-state index contributed by atoms with van der Waals surface area (Å²) in [7, 11) is 1.70. The Kier molecular flexibility index (Phi) is 7.54. The van der Waals surface area contributed by atoms with Crippen molar-refractivity contribution in [1.82, 2.24) is 20.5 Å². The van der Waals surface area contributed by atoms with Gasteiger partial charge in [-0.05, 0) is 24.2 Å². The van der Waals surface area contributed by atoms with Gasteiger partial charge in [-0.15, -0.1) is 0 Å². The standard InChI is InChI=1S/C23H35FN6O/c1-6-29-9-11-30(12-10-29)19-8-7-17(13-18(19)24)14-27-22(25-5)28-16-21-26-15-20(31-21)23(2,3)4/h7-8,13,15H,6,9-12,14,16H2,1-5H3,(H2,25,27,28). The first-order valence-corrected chi connectivity index (χ1v) is 11.0. The third-order valence-electron chi connectivity index (χ3n) is 5.56. The van der Waals surface area contributed by atoms with E-state index in [1.807, 2.05) is 12.1 Å². The number of rotatable bonds is 6. The molecule has 1 aliphatic heterocycles. The van der Waals surface area contributed by atoms with Crippen molar-refractivity contribution in [2.24, 2.45) is 4.99 Å². The molecule has 1 aliphatic rings. The lowest BCUT2D eigenvalue weighted by Gasteiger charge is -2.35. The maximum absolute atomic E-state index is 14.7. The number of hydrogen-bond donors (Lipinski definition) is 2. The van der Waals surface area contributed by atoms with Crippen molar-refractivity contribution in [2.75, 3.05) is 44.7 Å². The van der Waals surface area contributed by atoms with Crippen molar-refractivity contribution in [2.45, 2.75) is 46.2 Å². The van der Waals surface area contributed by atoms with Crippen molar-refractivity contribution >= 4 is 11.6 Å². The summed E-state index contributed by atoms with van der Waals surface area (Å²) < 4.78 is 20.5. The minimum Gasteiger partial charge on any atom is -0.443 e. The van der Waals surface area contributed by atoms with E-state index in [2.05, 4.69) is 58.1 Å². The largest absolute Gasteiger partial charge is 0.443 e. The predicted molar refractivity (Wildman–Crippen MR) is 123 cm³/mol. The highest BCUT2D eigenvalue weighted by Gasteiger charge is 2.20. The molecule has 0 unspecified atom stereocenters. The maximum atomic E-state index is 14.7. The van der Waals surface area contributed by atoms with E-state index in [0.717, 1.165) is 44.0 Å². The van der Waals surface area contributed by atoms with Crippen LogP contribution in [-0.4, -0.2) is 55.6 Å². The highest BCUT2D eigenvalue weighted by Crippen LogP contribution is 2.23. The molecule has 0 amide bonds. The molecule has 8 heteroatoms. The van der Waals surface area contributed by atoms with E-state index in [1.165, 1.54) is 0 Å². The Balaban J connectivity index is 1.51. The first-order valence-electron chi connectivity index (χ1n) is 11.0. The lowest BCUT2D eigenvalue weighted by molar-refractivity contribution is 0.270. The van der Waals surface area contributed by atoms with E-state index in [1.54, 1.807) is 19.3 Å². The lowest BCUT2D eigenvalue weighted by Crippen LogP contribution is -2.46. The number of anilines is 1. The summed E-state index contributed by atoms with van der Waals surface area (Å²) in [5.41, 5.74) is 1.47. The van der Waals surface area contributed by atoms with Crippen LogP contribution >= 0.6 is 0 Å². The van der Waals surface area contributed by atoms with Crippen molar-refractivity contribution in [1.29, 1.82) is 0 Å². The topological polar surface area (TPSA) is 68.9 Å². The first kappa shape index (κ1) is 23.1. The summed E-state index contributed by atoms with van der Waals surface area (Å²) in [6.45, 7) is 14.0. The van der Waals surface area contributed by atoms with Crippen LogP contribution in [0.1, 0.15) is 44.9 Å². The maximum Gasteiger partial charge on any atom is 0.213 e. The van der Waals surface area contributed by atoms with Crippen LogP contribution in [0.4, 0.5) is 10.1 Å². The van der Waals surface area contributed by atoms with Gasteiger partial charge in [-0.1, -0.05) is 33.8 Å². The number of nitrogens with one attached hydrogen (secondary N) is 2. The minimum atomic E-state index is -0.179. The van der Waals surface area contributed by atoms with Gasteiger partial charge in [0.05, 0.1) is 18.4 Å². The van der Waals surface area contributed by atoms with Gasteiger partial charge in [0.15, 0.2) is 5.96 Å². The van der Waals surface area contributed by atoms with Crippen LogP contribution < -0.4 is 15.5 Å². The molecule has 0 bridgehead atoms. The first-order chi connectivity index (χ1) is 14.8. The summed E-state index contributed by atoms with van der Waals surface area (Å²) in [5, 5.41) is 6.40. The molecule has 2 heterocycles. The Labute approximate surface area is 184 Å². The fourth-order valence-corrected chi connectivity index (χ4v) is 3.53. The predicted octanol–water partition coefficient (Wildman–Crippen LogP) is 3.12. The number of hydrogen-bond acceptors (Lipinski definition) is 5. The van der Waals surface area contributed by atoms with Crippen molar-refractivity contribution in [3.63, 3.8) is 0 Å². The average molecular weight is 431 g/mol. The van der Waals surface area contributed by atoms with Crippen LogP contribution in [0.5, 0.6) is 0 Å². The van der Waals surface area contributed by atoms with Crippen LogP contribution in [0.15, 0.2) is 33.8 Å². The molecule has 1 saturated heterocycles. The Bertz CT molecular complexity index is 880. The van der Waals surface area contributed by atoms with Gasteiger partial charge in [-0.25, -0.2) is 9.37 Å². The average Bonchev–Trinajstić information content (AvgIpc) is 3.24. The highest BCUT2D eigenvalue weighted by atomic mass is 19.1. The summed E-state index contributed by atoms with van der Waals surface area (Å²) in [6, 6.07) is 5.45. The molecule has 0 radical (unpaired) electrons. The molecule has 0 atom stereocenters. The molecular weight excluding hydrogens is 395 g/mol. The van der Waals surface area contributed by atoms with Gasteiger partial charge in [0.25, 0.3) is 0 Å². The van der Waals surface area contributed by atoms with Gasteiger partial charge in [0, 0.05) is 45.2 Å². The third kappa shape index (κ3) is 6.19. The van der Waals surface area contributed by atoms with Crippen molar-refractivity contribution in [3.8, 4) is 0 Å². The summed E-state index contributed by atoms with van der Waals surface area (Å²) in [4.78, 5) is 13.0. The molecule has 0 saturated carbocycles. The van der Waals surface area contributed by atoms with Gasteiger partial charge in [-0.3, -0.25) is 4.99 Å². The monoisotopic (exact) mass is 430 g/mol. The second kappa shape index (κ2) is 10.1. The van der Waals surface area contributed by atoms with E-state index < -0.39 is 0 Å². The molecule has 1 aromatic carbocycles. The molecule has 2 N–H and O–H groups in total. The van der Waals surface area contributed by atoms with Crippen LogP contribution in [-0.2, 0) is 18.5 Å². The minimum absolute atomic E-state index is 0.0784. The molecule has 1 aromatic heterocycles. The zero-order valence-electron chi connectivity index (χ0n) is 19.3. The number of guanidine groups is 1. The smallest absolute Gasteiger partial charge is 0.213 e. The van der Waals surface area contributed by atoms with Gasteiger partial charge in [0.2, 0.25) is 5.89 Å². The highest BCUT2D eigenvalue weighted by molar-refractivity contribution is 5.79. The van der Waals surface area contributed by atoms with Crippen molar-refractivity contribution in [3.05, 3.63) is 47.4 Å². The van der Waals surface area contributed by atoms with E-state index >= 15 is 0 Å². The van der Waals surface area contributed by atoms with Crippen LogP contribution in [0.2, 0.25) is 0 Å². The molecule has 170 valence electrons. The fourth-order valence-electron chi connectivity index (χ4n) is 3.53. The molecular formula is C23H35FN6O. The quantitative estimate of drug-likeness (QED) is 0.542. The Morgan fingerprint density at radius 3 is 2.45 bits per heavy atom. The van der Waals surface area contributed by atoms with E-state index in [0.29, 0.717) is 30.6 Å². The molecule has 3 rings (SSSR count). The van der Waals surface area contributed by atoms with Gasteiger partial charge >= 0.3 is 0 Å². The number of likely N-dealkylation sites (N-methyl/N-ethyl adjacent to an activating group) is 1. The summed E-state index contributed by atoms with van der Waals surface area (Å²) in [5.74, 6) is 1.88. The number of halogens is 1. The van der Waals surface area contributed by atoms with Gasteiger partial charge < -0.3 is 24.9 Å². The van der Waals surface area contributed by atoms with Crippen molar-refractivity contribution < 1.29 is 8.81 Å². The SMILES string of the molecule is CCN1CCN(c2ccc(CNC(=NC)NCc3ncc(C(C)(C)C)o3)cc2F)CC1. The normalized spacial score (nSPS) is 15.9. The van der Waals surface area contributed by atoms with Gasteiger partial charge in [0.1, 0.15) is 11.6 Å². The number of benzene rings is 1. The molecule has 31 heavy (non-hydrogen) atoms. The van der Waals surface area contributed by atoms with Crippen LogP contribution in [0.25, 0.3) is 0 Å². The number of nitrogens with zero attached hydrogens (tertiary/aromatic N) is 4. The molecule has 2 aromatic rings. The van der Waals surface area contributed by atoms with Gasteiger partial charge in [-0.2, -0.15) is 0 Å². The zero-order valence-corrected chi connectivity index (χ0v) is 19.3. The number of oxazole rings is 1. The summed E-state index contributed by atoms with van der Waals surface area (Å²) >= 11 is 0. The third-order valence-corrected chi connectivity index (χ3v) is 5.56. The molecule has 0 spiro atoms. The zero-order chi connectivity index (χ0) is 22.4. The Hall–Kier alpha value is -2.61. The molecule has 0 aliphatic carbocycles. The van der Waals surface area contributed by atoms with E-state index in [-0.39, 0.29) is 11.2 Å². The van der Waals surface area contributed by atoms with Crippen LogP contribution in [0.3, 0.4) is 0 Å². The number of piperazine rings is 1. The second-order valence-corrected chi connectivity index (χ2v) is 8.85. The summed E-state index contributed by atoms with van der Waals surface area (Å²) in [6.07, 6.45) is 1.76. The van der Waals surface area contributed by atoms with E-state index in [4.69, 9.17) is 4.42 Å². The van der Waals surface area contributed by atoms with E-state index in [9.17, 15) is 4.39 Å². The second-order valence-electron chi connectivity index (χ2n) is 8.85. The molecule has 7 nitrogen and oxygen atoms in total. The molecule has 1 fully saturated rings. The van der Waals surface area contributed by atoms with Crippen LogP contribution in [0, 0.1) is 5.82 Å². The number of aromatic nitrogens is 1. The number of aliphatic imine (C=N–C) groups is 1. The Morgan fingerprint density at radius 1 is 1.16 bits per heavy atom. The lowest BCUT2D eigenvalue weighted by atomic mass is 9.94. The fraction of sp³-hybridized carbons (Fsp3) is 0.565. The Morgan fingerprint density at radius 2 is 1.87 bits per heavy atom.